The number of hydrogen-bond acceptors (Lipinski definition) is 3. The third kappa shape index (κ3) is 4.15. The summed E-state index contributed by atoms with van der Waals surface area (Å²) in [7, 11) is 1.46. The molecule has 4 nitrogen and oxygen atoms in total. The van der Waals surface area contributed by atoms with Gasteiger partial charge < -0.3 is 14.9 Å². The highest BCUT2D eigenvalue weighted by Crippen LogP contribution is 2.34. The van der Waals surface area contributed by atoms with Gasteiger partial charge in [0.1, 0.15) is 0 Å². The van der Waals surface area contributed by atoms with Crippen molar-refractivity contribution in [2.45, 2.75) is 45.4 Å². The largest absolute Gasteiger partial charge is 0.504 e. The Balaban J connectivity index is 2.93. The molecule has 112 valence electrons. The van der Waals surface area contributed by atoms with Gasteiger partial charge in [0, 0.05) is 0 Å². The minimum atomic E-state index is -0.832. The lowest BCUT2D eigenvalue weighted by atomic mass is 9.84. The third-order valence-electron chi connectivity index (χ3n) is 3.66. The minimum absolute atomic E-state index is 0.0269. The van der Waals surface area contributed by atoms with Crippen molar-refractivity contribution in [3.63, 3.8) is 0 Å². The second-order valence-electron chi connectivity index (χ2n) is 5.22. The van der Waals surface area contributed by atoms with E-state index in [9.17, 15) is 15.0 Å². The molecule has 2 N–H and O–H groups in total. The molecule has 0 aliphatic carbocycles. The molecule has 1 aromatic rings. The molecule has 0 aromatic heterocycles. The van der Waals surface area contributed by atoms with Crippen LogP contribution >= 0.6 is 0 Å². The van der Waals surface area contributed by atoms with E-state index in [0.29, 0.717) is 11.3 Å². The van der Waals surface area contributed by atoms with Crippen LogP contribution in [0.1, 0.15) is 51.0 Å². The van der Waals surface area contributed by atoms with Gasteiger partial charge in [-0.1, -0.05) is 39.2 Å². The van der Waals surface area contributed by atoms with Gasteiger partial charge in [-0.15, -0.1) is 0 Å². The van der Waals surface area contributed by atoms with E-state index in [1.54, 1.807) is 12.1 Å². The van der Waals surface area contributed by atoms with Crippen LogP contribution < -0.4 is 4.74 Å². The number of rotatable bonds is 8. The van der Waals surface area contributed by atoms with Gasteiger partial charge in [-0.2, -0.15) is 0 Å². The number of ether oxygens (including phenoxy) is 1. The Bertz CT molecular complexity index is 442. The van der Waals surface area contributed by atoms with Crippen LogP contribution in [0.15, 0.2) is 18.2 Å². The van der Waals surface area contributed by atoms with Crippen LogP contribution in [0.5, 0.6) is 11.5 Å². The maximum atomic E-state index is 11.6. The quantitative estimate of drug-likeness (QED) is 0.711. The van der Waals surface area contributed by atoms with Crippen molar-refractivity contribution in [1.82, 2.24) is 0 Å². The lowest BCUT2D eigenvalue weighted by molar-refractivity contribution is -0.140. The van der Waals surface area contributed by atoms with Crippen molar-refractivity contribution in [3.8, 4) is 11.5 Å². The molecule has 20 heavy (non-hydrogen) atoms. The molecule has 0 aliphatic heterocycles. The molecule has 2 unspecified atom stereocenters. The monoisotopic (exact) mass is 280 g/mol. The Hall–Kier alpha value is -1.71. The smallest absolute Gasteiger partial charge is 0.311 e. The fraction of sp³-hybridized carbons (Fsp3) is 0.562. The van der Waals surface area contributed by atoms with Crippen LogP contribution in [0.2, 0.25) is 0 Å². The lowest BCUT2D eigenvalue weighted by Crippen LogP contribution is -2.19. The first-order valence-corrected chi connectivity index (χ1v) is 7.11. The number of phenolic OH excluding ortho intramolecular Hbond substituents is 1. The molecule has 4 heteroatoms. The van der Waals surface area contributed by atoms with E-state index in [0.717, 1.165) is 25.7 Å². The highest BCUT2D eigenvalue weighted by molar-refractivity contribution is 5.76. The molecule has 0 amide bonds. The molecular weight excluding hydrogens is 256 g/mol. The first-order valence-electron chi connectivity index (χ1n) is 7.11. The van der Waals surface area contributed by atoms with Crippen LogP contribution in [0.4, 0.5) is 0 Å². The molecule has 0 bridgehead atoms. The average molecular weight is 280 g/mol. The highest BCUT2D eigenvalue weighted by atomic mass is 16.5. The van der Waals surface area contributed by atoms with Crippen molar-refractivity contribution < 1.29 is 19.7 Å². The Kier molecular flexibility index (Phi) is 6.36. The second kappa shape index (κ2) is 7.78. The maximum absolute atomic E-state index is 11.6. The van der Waals surface area contributed by atoms with Crippen LogP contribution in [0.3, 0.4) is 0 Å². The average Bonchev–Trinajstić information content (AvgIpc) is 2.40. The Labute approximate surface area is 120 Å². The second-order valence-corrected chi connectivity index (χ2v) is 5.22. The van der Waals surface area contributed by atoms with Gasteiger partial charge in [-0.3, -0.25) is 4.79 Å². The Morgan fingerprint density at radius 3 is 2.60 bits per heavy atom. The SMILES string of the molecule is CCCCCC(C)C(C(=O)O)c1ccc(O)c(OC)c1. The number of carboxylic acids is 1. The van der Waals surface area contributed by atoms with Crippen molar-refractivity contribution in [2.24, 2.45) is 5.92 Å². The maximum Gasteiger partial charge on any atom is 0.311 e. The number of aliphatic carboxylic acids is 1. The molecule has 0 heterocycles. The standard InChI is InChI=1S/C16H24O4/c1-4-5-6-7-11(2)15(16(18)19)12-8-9-13(17)14(10-12)20-3/h8-11,15,17H,4-7H2,1-3H3,(H,18,19). The zero-order valence-corrected chi connectivity index (χ0v) is 12.4. The van der Waals surface area contributed by atoms with E-state index in [1.165, 1.54) is 13.2 Å². The van der Waals surface area contributed by atoms with Gasteiger partial charge in [-0.25, -0.2) is 0 Å². The van der Waals surface area contributed by atoms with Crippen LogP contribution in [0.25, 0.3) is 0 Å². The fourth-order valence-corrected chi connectivity index (χ4v) is 2.49. The molecule has 2 atom stereocenters. The van der Waals surface area contributed by atoms with Crippen molar-refractivity contribution in [2.75, 3.05) is 7.11 Å². The summed E-state index contributed by atoms with van der Waals surface area (Å²) in [5, 5.41) is 19.1. The molecule has 0 fully saturated rings. The number of unbranched alkanes of at least 4 members (excludes halogenated alkanes) is 2. The predicted octanol–water partition coefficient (Wildman–Crippen LogP) is 3.79. The Morgan fingerprint density at radius 2 is 2.05 bits per heavy atom. The summed E-state index contributed by atoms with van der Waals surface area (Å²) < 4.78 is 5.05. The zero-order valence-electron chi connectivity index (χ0n) is 12.4. The van der Waals surface area contributed by atoms with Crippen LogP contribution in [-0.4, -0.2) is 23.3 Å². The molecule has 0 aliphatic rings. The van der Waals surface area contributed by atoms with Gasteiger partial charge in [0.15, 0.2) is 11.5 Å². The van der Waals surface area contributed by atoms with Gasteiger partial charge in [0.2, 0.25) is 0 Å². The summed E-state index contributed by atoms with van der Waals surface area (Å²) in [6, 6.07) is 4.76. The summed E-state index contributed by atoms with van der Waals surface area (Å²) in [5.74, 6) is -1.01. The topological polar surface area (TPSA) is 66.8 Å². The number of hydrogen-bond donors (Lipinski definition) is 2. The van der Waals surface area contributed by atoms with E-state index < -0.39 is 11.9 Å². The van der Waals surface area contributed by atoms with E-state index >= 15 is 0 Å². The fourth-order valence-electron chi connectivity index (χ4n) is 2.49. The molecule has 0 saturated heterocycles. The number of phenols is 1. The van der Waals surface area contributed by atoms with Gasteiger partial charge >= 0.3 is 5.97 Å². The molecular formula is C16H24O4. The van der Waals surface area contributed by atoms with E-state index in [4.69, 9.17) is 4.74 Å². The minimum Gasteiger partial charge on any atom is -0.504 e. The lowest BCUT2D eigenvalue weighted by Gasteiger charge is -2.21. The summed E-state index contributed by atoms with van der Waals surface area (Å²) in [4.78, 5) is 11.6. The molecule has 0 radical (unpaired) electrons. The van der Waals surface area contributed by atoms with Crippen molar-refractivity contribution in [3.05, 3.63) is 23.8 Å². The molecule has 1 rings (SSSR count). The summed E-state index contributed by atoms with van der Waals surface area (Å²) >= 11 is 0. The van der Waals surface area contributed by atoms with Gasteiger partial charge in [0.05, 0.1) is 13.0 Å². The zero-order chi connectivity index (χ0) is 15.1. The molecule has 0 saturated carbocycles. The van der Waals surface area contributed by atoms with Crippen molar-refractivity contribution >= 4 is 5.97 Å². The number of aromatic hydroxyl groups is 1. The normalized spacial score (nSPS) is 13.8. The van der Waals surface area contributed by atoms with Gasteiger partial charge in [0.25, 0.3) is 0 Å². The van der Waals surface area contributed by atoms with E-state index in [-0.39, 0.29) is 11.7 Å². The number of benzene rings is 1. The molecule has 0 spiro atoms. The Morgan fingerprint density at radius 1 is 1.35 bits per heavy atom. The predicted molar refractivity (Wildman–Crippen MR) is 78.3 cm³/mol. The van der Waals surface area contributed by atoms with Crippen molar-refractivity contribution in [1.29, 1.82) is 0 Å². The summed E-state index contributed by atoms with van der Waals surface area (Å²) in [6.45, 7) is 4.10. The third-order valence-corrected chi connectivity index (χ3v) is 3.66. The summed E-state index contributed by atoms with van der Waals surface area (Å²) in [5.41, 5.74) is 0.677. The number of methoxy groups -OCH3 is 1. The van der Waals surface area contributed by atoms with E-state index in [1.807, 2.05) is 6.92 Å². The number of carbonyl (C=O) groups is 1. The highest BCUT2D eigenvalue weighted by Gasteiger charge is 2.27. The van der Waals surface area contributed by atoms with Crippen LogP contribution in [0, 0.1) is 5.92 Å². The van der Waals surface area contributed by atoms with E-state index in [2.05, 4.69) is 6.92 Å². The first kappa shape index (κ1) is 16.3. The van der Waals surface area contributed by atoms with Gasteiger partial charge in [-0.05, 0) is 30.0 Å². The molecule has 1 aromatic carbocycles. The first-order chi connectivity index (χ1) is 9.51. The van der Waals surface area contributed by atoms with Crippen LogP contribution in [-0.2, 0) is 4.79 Å². The summed E-state index contributed by atoms with van der Waals surface area (Å²) in [6.07, 6.45) is 4.16. The number of carboxylic acid groups (broad SMARTS) is 1.